The Morgan fingerprint density at radius 2 is 1.89 bits per heavy atom. The third-order valence-electron chi connectivity index (χ3n) is 5.09. The van der Waals surface area contributed by atoms with Crippen molar-refractivity contribution in [2.75, 3.05) is 19.6 Å². The van der Waals surface area contributed by atoms with E-state index >= 15 is 0 Å². The zero-order valence-electron chi connectivity index (χ0n) is 13.4. The number of rotatable bonds is 6. The molecule has 1 heterocycles. The molecular formula is C17H34N2. The first-order chi connectivity index (χ1) is 9.09. The number of nitrogens with zero attached hydrogens (tertiary/aromatic N) is 1. The van der Waals surface area contributed by atoms with E-state index in [9.17, 15) is 0 Å². The lowest BCUT2D eigenvalue weighted by Gasteiger charge is -2.42. The van der Waals surface area contributed by atoms with Crippen LogP contribution in [0.5, 0.6) is 0 Å². The largest absolute Gasteiger partial charge is 0.310 e. The average Bonchev–Trinajstić information content (AvgIpc) is 2.89. The lowest BCUT2D eigenvalue weighted by Crippen LogP contribution is -2.55. The zero-order chi connectivity index (χ0) is 13.7. The van der Waals surface area contributed by atoms with Gasteiger partial charge in [-0.15, -0.1) is 0 Å². The Bertz CT molecular complexity index is 250. The van der Waals surface area contributed by atoms with Crippen LogP contribution in [0.15, 0.2) is 0 Å². The van der Waals surface area contributed by atoms with Crippen molar-refractivity contribution in [2.24, 2.45) is 5.92 Å². The molecule has 0 bridgehead atoms. The van der Waals surface area contributed by atoms with Crippen LogP contribution in [0.3, 0.4) is 0 Å². The van der Waals surface area contributed by atoms with E-state index in [1.54, 1.807) is 0 Å². The van der Waals surface area contributed by atoms with E-state index in [0.29, 0.717) is 5.54 Å². The Kier molecular flexibility index (Phi) is 5.70. The third-order valence-corrected chi connectivity index (χ3v) is 5.09. The van der Waals surface area contributed by atoms with Gasteiger partial charge in [0.25, 0.3) is 0 Å². The SMILES string of the molecule is CC(C)CCN(CC1(C)CCCCN1)C1CCCC1. The lowest BCUT2D eigenvalue weighted by molar-refractivity contribution is 0.119. The highest BCUT2D eigenvalue weighted by atomic mass is 15.2. The predicted molar refractivity (Wildman–Crippen MR) is 83.5 cm³/mol. The molecule has 1 atom stereocenters. The summed E-state index contributed by atoms with van der Waals surface area (Å²) in [6.45, 7) is 11.0. The first-order valence-electron chi connectivity index (χ1n) is 8.58. The van der Waals surface area contributed by atoms with Gasteiger partial charge in [-0.2, -0.15) is 0 Å². The highest BCUT2D eigenvalue weighted by molar-refractivity contribution is 4.92. The maximum Gasteiger partial charge on any atom is 0.0280 e. The minimum absolute atomic E-state index is 0.373. The summed E-state index contributed by atoms with van der Waals surface area (Å²) in [5, 5.41) is 3.80. The van der Waals surface area contributed by atoms with Crippen LogP contribution >= 0.6 is 0 Å². The minimum Gasteiger partial charge on any atom is -0.310 e. The van der Waals surface area contributed by atoms with Crippen molar-refractivity contribution in [3.05, 3.63) is 0 Å². The summed E-state index contributed by atoms with van der Waals surface area (Å²) in [5.74, 6) is 0.830. The Labute approximate surface area is 120 Å². The fraction of sp³-hybridized carbons (Fsp3) is 1.00. The summed E-state index contributed by atoms with van der Waals surface area (Å²) < 4.78 is 0. The van der Waals surface area contributed by atoms with E-state index in [4.69, 9.17) is 0 Å². The molecule has 0 spiro atoms. The van der Waals surface area contributed by atoms with Crippen molar-refractivity contribution in [1.82, 2.24) is 10.2 Å². The average molecular weight is 266 g/mol. The van der Waals surface area contributed by atoms with E-state index in [2.05, 4.69) is 31.0 Å². The van der Waals surface area contributed by atoms with Gasteiger partial charge in [-0.1, -0.05) is 33.1 Å². The second kappa shape index (κ2) is 7.08. The van der Waals surface area contributed by atoms with Crippen molar-refractivity contribution in [2.45, 2.75) is 83.7 Å². The normalized spacial score (nSPS) is 29.5. The first kappa shape index (κ1) is 15.3. The van der Waals surface area contributed by atoms with Crippen molar-refractivity contribution < 1.29 is 0 Å². The molecule has 1 saturated heterocycles. The lowest BCUT2D eigenvalue weighted by atomic mass is 9.89. The minimum atomic E-state index is 0.373. The quantitative estimate of drug-likeness (QED) is 0.786. The Morgan fingerprint density at radius 1 is 1.16 bits per heavy atom. The van der Waals surface area contributed by atoms with Gasteiger partial charge in [0, 0.05) is 18.1 Å². The summed E-state index contributed by atoms with van der Waals surface area (Å²) in [6, 6.07) is 0.874. The molecule has 2 aliphatic rings. The Morgan fingerprint density at radius 3 is 2.47 bits per heavy atom. The topological polar surface area (TPSA) is 15.3 Å². The summed E-state index contributed by atoms with van der Waals surface area (Å²) >= 11 is 0. The standard InChI is InChI=1S/C17H34N2/c1-15(2)10-13-19(16-8-4-5-9-16)14-17(3)11-6-7-12-18-17/h15-16,18H,4-14H2,1-3H3. The molecule has 2 nitrogen and oxygen atoms in total. The molecule has 19 heavy (non-hydrogen) atoms. The maximum atomic E-state index is 3.80. The summed E-state index contributed by atoms with van der Waals surface area (Å²) in [6.07, 6.45) is 11.3. The number of hydrogen-bond acceptors (Lipinski definition) is 2. The number of hydrogen-bond donors (Lipinski definition) is 1. The highest BCUT2D eigenvalue weighted by Crippen LogP contribution is 2.28. The van der Waals surface area contributed by atoms with Gasteiger partial charge in [0.15, 0.2) is 0 Å². The van der Waals surface area contributed by atoms with Crippen molar-refractivity contribution in [3.63, 3.8) is 0 Å². The second-order valence-electron chi connectivity index (χ2n) is 7.54. The Balaban J connectivity index is 1.91. The molecule has 0 radical (unpaired) electrons. The van der Waals surface area contributed by atoms with Gasteiger partial charge >= 0.3 is 0 Å². The van der Waals surface area contributed by atoms with Crippen LogP contribution in [0.25, 0.3) is 0 Å². The molecule has 1 unspecified atom stereocenters. The first-order valence-corrected chi connectivity index (χ1v) is 8.58. The Hall–Kier alpha value is -0.0800. The van der Waals surface area contributed by atoms with Crippen molar-refractivity contribution >= 4 is 0 Å². The molecule has 112 valence electrons. The fourth-order valence-corrected chi connectivity index (χ4v) is 3.79. The molecule has 2 fully saturated rings. The summed E-state index contributed by atoms with van der Waals surface area (Å²) in [4.78, 5) is 2.82. The van der Waals surface area contributed by atoms with Gasteiger partial charge in [-0.3, -0.25) is 4.90 Å². The van der Waals surface area contributed by atoms with Crippen LogP contribution in [0, 0.1) is 5.92 Å². The van der Waals surface area contributed by atoms with E-state index in [1.807, 2.05) is 0 Å². The molecular weight excluding hydrogens is 232 g/mol. The van der Waals surface area contributed by atoms with E-state index in [0.717, 1.165) is 12.0 Å². The number of nitrogens with one attached hydrogen (secondary N) is 1. The molecule has 0 aromatic rings. The predicted octanol–water partition coefficient (Wildman–Crippen LogP) is 3.81. The molecule has 1 aliphatic carbocycles. The maximum absolute atomic E-state index is 3.80. The summed E-state index contributed by atoms with van der Waals surface area (Å²) in [7, 11) is 0. The molecule has 2 rings (SSSR count). The molecule has 1 aliphatic heterocycles. The van der Waals surface area contributed by atoms with Crippen molar-refractivity contribution in [3.8, 4) is 0 Å². The monoisotopic (exact) mass is 266 g/mol. The fourth-order valence-electron chi connectivity index (χ4n) is 3.79. The van der Waals surface area contributed by atoms with Crippen LogP contribution < -0.4 is 5.32 Å². The van der Waals surface area contributed by atoms with Gasteiger partial charge in [0.1, 0.15) is 0 Å². The molecule has 0 aromatic carbocycles. The highest BCUT2D eigenvalue weighted by Gasteiger charge is 2.32. The van der Waals surface area contributed by atoms with Crippen LogP contribution in [-0.4, -0.2) is 36.1 Å². The van der Waals surface area contributed by atoms with Gasteiger partial charge in [0.2, 0.25) is 0 Å². The van der Waals surface area contributed by atoms with Crippen LogP contribution in [-0.2, 0) is 0 Å². The van der Waals surface area contributed by atoms with E-state index in [1.165, 1.54) is 71.0 Å². The second-order valence-corrected chi connectivity index (χ2v) is 7.54. The molecule has 1 saturated carbocycles. The van der Waals surface area contributed by atoms with Gasteiger partial charge < -0.3 is 5.32 Å². The molecule has 0 aromatic heterocycles. The van der Waals surface area contributed by atoms with E-state index < -0.39 is 0 Å². The van der Waals surface area contributed by atoms with Crippen molar-refractivity contribution in [1.29, 1.82) is 0 Å². The zero-order valence-corrected chi connectivity index (χ0v) is 13.4. The van der Waals surface area contributed by atoms with Crippen LogP contribution in [0.4, 0.5) is 0 Å². The third kappa shape index (κ3) is 4.75. The molecule has 2 heteroatoms. The number of piperidine rings is 1. The van der Waals surface area contributed by atoms with Crippen LogP contribution in [0.1, 0.15) is 72.1 Å². The van der Waals surface area contributed by atoms with Gasteiger partial charge in [0.05, 0.1) is 0 Å². The molecule has 0 amide bonds. The smallest absolute Gasteiger partial charge is 0.0280 e. The van der Waals surface area contributed by atoms with Gasteiger partial charge in [-0.05, 0) is 58.0 Å². The van der Waals surface area contributed by atoms with Crippen LogP contribution in [0.2, 0.25) is 0 Å². The molecule has 1 N–H and O–H groups in total. The van der Waals surface area contributed by atoms with Gasteiger partial charge in [-0.25, -0.2) is 0 Å². The summed E-state index contributed by atoms with van der Waals surface area (Å²) in [5.41, 5.74) is 0.373. The van der Waals surface area contributed by atoms with E-state index in [-0.39, 0.29) is 0 Å².